The second kappa shape index (κ2) is 3.98. The molecule has 5 heteroatoms. The lowest BCUT2D eigenvalue weighted by Crippen LogP contribution is -2.57. The van der Waals surface area contributed by atoms with Crippen LogP contribution in [0.1, 0.15) is 31.4 Å². The molecule has 3 rings (SSSR count). The van der Waals surface area contributed by atoms with Crippen LogP contribution in [0.4, 0.5) is 4.79 Å². The Hall–Kier alpha value is -2.04. The maximum absolute atomic E-state index is 12.1. The molecule has 0 saturated carbocycles. The number of aliphatic carboxylic acids is 1. The number of amides is 1. The third-order valence-electron chi connectivity index (χ3n) is 4.80. The van der Waals surface area contributed by atoms with Gasteiger partial charge in [-0.2, -0.15) is 0 Å². The molecule has 0 radical (unpaired) electrons. The summed E-state index contributed by atoms with van der Waals surface area (Å²) < 4.78 is 5.52. The Bertz CT molecular complexity index is 599. The number of hydrogen-bond donors (Lipinski definition) is 0. The Labute approximate surface area is 117 Å². The van der Waals surface area contributed by atoms with Gasteiger partial charge in [0.1, 0.15) is 11.1 Å². The zero-order valence-corrected chi connectivity index (χ0v) is 11.5. The van der Waals surface area contributed by atoms with Gasteiger partial charge in [0.15, 0.2) is 0 Å². The number of hydrogen-bond acceptors (Lipinski definition) is 4. The molecule has 5 nitrogen and oxygen atoms in total. The number of aryl methyl sites for hydroxylation is 1. The molecule has 1 fully saturated rings. The summed E-state index contributed by atoms with van der Waals surface area (Å²) in [5.74, 6) is -1.28. The predicted molar refractivity (Wildman–Crippen MR) is 68.7 cm³/mol. The van der Waals surface area contributed by atoms with Crippen LogP contribution >= 0.6 is 0 Å². The first-order chi connectivity index (χ1) is 9.38. The Morgan fingerprint density at radius 1 is 1.40 bits per heavy atom. The number of nitrogens with zero attached hydrogens (tertiary/aromatic N) is 1. The first-order valence-electron chi connectivity index (χ1n) is 6.67. The molecule has 1 aromatic carbocycles. The molecule has 1 aromatic rings. The van der Waals surface area contributed by atoms with Crippen LogP contribution in [0, 0.1) is 0 Å². The maximum Gasteiger partial charge on any atom is 0.411 e. The first-order valence-corrected chi connectivity index (χ1v) is 6.67. The lowest BCUT2D eigenvalue weighted by Gasteiger charge is -2.46. The number of carbonyl (C=O) groups is 2. The van der Waals surface area contributed by atoms with Crippen LogP contribution in [0.2, 0.25) is 0 Å². The van der Waals surface area contributed by atoms with Crippen molar-refractivity contribution in [2.75, 3.05) is 6.54 Å². The van der Waals surface area contributed by atoms with Crippen molar-refractivity contribution in [1.29, 1.82) is 0 Å². The molecule has 1 heterocycles. The minimum atomic E-state index is -1.28. The topological polar surface area (TPSA) is 69.7 Å². The number of carboxylic acid groups (broad SMARTS) is 1. The van der Waals surface area contributed by atoms with Crippen molar-refractivity contribution in [2.45, 2.75) is 37.8 Å². The largest absolute Gasteiger partial charge is 0.548 e. The highest BCUT2D eigenvalue weighted by Gasteiger charge is 2.62. The smallest absolute Gasteiger partial charge is 0.411 e. The summed E-state index contributed by atoms with van der Waals surface area (Å²) in [4.78, 5) is 24.4. The molecule has 0 aromatic heterocycles. The van der Waals surface area contributed by atoms with Crippen LogP contribution in [0.15, 0.2) is 24.3 Å². The third kappa shape index (κ3) is 1.49. The van der Waals surface area contributed by atoms with Crippen LogP contribution in [-0.4, -0.2) is 29.1 Å². The van der Waals surface area contributed by atoms with Crippen LogP contribution in [0.5, 0.6) is 0 Å². The van der Waals surface area contributed by atoms with E-state index in [0.29, 0.717) is 6.42 Å². The summed E-state index contributed by atoms with van der Waals surface area (Å²) in [5, 5.41) is 11.0. The van der Waals surface area contributed by atoms with E-state index in [1.54, 1.807) is 0 Å². The van der Waals surface area contributed by atoms with Gasteiger partial charge >= 0.3 is 6.09 Å². The third-order valence-corrected chi connectivity index (χ3v) is 4.80. The molecule has 2 atom stereocenters. The maximum atomic E-state index is 12.1. The van der Waals surface area contributed by atoms with Crippen LogP contribution < -0.4 is 5.11 Å². The summed E-state index contributed by atoms with van der Waals surface area (Å²) in [6, 6.07) is 7.80. The average Bonchev–Trinajstić information content (AvgIpc) is 2.59. The number of fused-ring (bicyclic) bond motifs is 3. The highest BCUT2D eigenvalue weighted by molar-refractivity contribution is 5.79. The number of carboxylic acids is 1. The molecular weight excluding hydrogens is 258 g/mol. The van der Waals surface area contributed by atoms with Crippen molar-refractivity contribution in [3.63, 3.8) is 0 Å². The highest BCUT2D eigenvalue weighted by atomic mass is 16.6. The zero-order valence-electron chi connectivity index (χ0n) is 11.5. The average molecular weight is 274 g/mol. The lowest BCUT2D eigenvalue weighted by atomic mass is 9.67. The van der Waals surface area contributed by atoms with Gasteiger partial charge in [0.05, 0.1) is 12.5 Å². The minimum absolute atomic E-state index is 0.459. The van der Waals surface area contributed by atoms with Crippen molar-refractivity contribution in [2.24, 2.45) is 0 Å². The van der Waals surface area contributed by atoms with E-state index in [0.717, 1.165) is 17.5 Å². The summed E-state index contributed by atoms with van der Waals surface area (Å²) in [6.07, 6.45) is 0.903. The van der Waals surface area contributed by atoms with Gasteiger partial charge in [-0.25, -0.2) is 4.79 Å². The molecule has 1 aliphatic heterocycles. The zero-order chi connectivity index (χ0) is 14.5. The molecule has 1 amide bonds. The fourth-order valence-corrected chi connectivity index (χ4v) is 3.48. The van der Waals surface area contributed by atoms with Crippen LogP contribution in [0.25, 0.3) is 0 Å². The quantitative estimate of drug-likeness (QED) is 0.800. The van der Waals surface area contributed by atoms with E-state index < -0.39 is 29.7 Å². The van der Waals surface area contributed by atoms with E-state index in [1.807, 2.05) is 38.1 Å². The van der Waals surface area contributed by atoms with Gasteiger partial charge in [-0.1, -0.05) is 24.3 Å². The molecule has 0 spiro atoms. The van der Waals surface area contributed by atoms with E-state index in [-0.39, 0.29) is 0 Å². The van der Waals surface area contributed by atoms with Gasteiger partial charge in [-0.15, -0.1) is 0 Å². The molecule has 1 aliphatic carbocycles. The molecular formula is C15H16NO4-. The number of ether oxygens (including phenoxy) is 1. The van der Waals surface area contributed by atoms with E-state index in [9.17, 15) is 14.7 Å². The molecule has 20 heavy (non-hydrogen) atoms. The van der Waals surface area contributed by atoms with Gasteiger partial charge in [-0.3, -0.25) is 4.90 Å². The van der Waals surface area contributed by atoms with E-state index in [1.165, 1.54) is 4.90 Å². The first kappa shape index (κ1) is 13.0. The predicted octanol–water partition coefficient (Wildman–Crippen LogP) is 0.809. The summed E-state index contributed by atoms with van der Waals surface area (Å²) >= 11 is 0. The van der Waals surface area contributed by atoms with Crippen molar-refractivity contribution < 1.29 is 19.4 Å². The van der Waals surface area contributed by atoms with Gasteiger partial charge in [0.25, 0.3) is 0 Å². The molecule has 2 aliphatic rings. The summed E-state index contributed by atoms with van der Waals surface area (Å²) in [7, 11) is 0. The second-order valence-corrected chi connectivity index (χ2v) is 5.79. The Morgan fingerprint density at radius 3 is 2.80 bits per heavy atom. The fraction of sp³-hybridized carbons (Fsp3) is 0.467. The molecule has 0 unspecified atom stereocenters. The summed E-state index contributed by atoms with van der Waals surface area (Å²) in [6.45, 7) is 3.29. The highest BCUT2D eigenvalue weighted by Crippen LogP contribution is 2.52. The SMILES string of the molecule is C[C@@]12c3ccccc3CC[C@]1(C)OC(=O)N2CC(=O)[O-]. The number of benzene rings is 1. The van der Waals surface area contributed by atoms with Crippen LogP contribution in [0.3, 0.4) is 0 Å². The van der Waals surface area contributed by atoms with Crippen LogP contribution in [-0.2, 0) is 21.5 Å². The van der Waals surface area contributed by atoms with Crippen molar-refractivity contribution in [3.8, 4) is 0 Å². The van der Waals surface area contributed by atoms with Gasteiger partial charge in [0, 0.05) is 0 Å². The number of rotatable bonds is 2. The van der Waals surface area contributed by atoms with E-state index in [2.05, 4.69) is 0 Å². The van der Waals surface area contributed by atoms with Gasteiger partial charge in [-0.05, 0) is 37.8 Å². The summed E-state index contributed by atoms with van der Waals surface area (Å²) in [5.41, 5.74) is 0.599. The monoisotopic (exact) mass is 274 g/mol. The Kier molecular flexibility index (Phi) is 2.58. The molecule has 1 saturated heterocycles. The standard InChI is InChI=1S/C15H17NO4/c1-14-8-7-10-5-3-4-6-11(10)15(14,2)16(9-12(17)18)13(19)20-14/h3-6H,7-9H2,1-2H3,(H,17,18)/p-1/t14-,15+/m0/s1. The minimum Gasteiger partial charge on any atom is -0.548 e. The van der Waals surface area contributed by atoms with E-state index in [4.69, 9.17) is 4.74 Å². The lowest BCUT2D eigenvalue weighted by molar-refractivity contribution is -0.306. The van der Waals surface area contributed by atoms with Gasteiger partial charge < -0.3 is 14.6 Å². The molecule has 0 bridgehead atoms. The second-order valence-electron chi connectivity index (χ2n) is 5.79. The normalized spacial score (nSPS) is 31.5. The Morgan fingerprint density at radius 2 is 2.10 bits per heavy atom. The van der Waals surface area contributed by atoms with Crippen molar-refractivity contribution in [1.82, 2.24) is 4.90 Å². The Balaban J connectivity index is 2.18. The number of carbonyl (C=O) groups excluding carboxylic acids is 2. The molecule has 0 N–H and O–H groups in total. The molecule has 106 valence electrons. The van der Waals surface area contributed by atoms with Crippen molar-refractivity contribution >= 4 is 12.1 Å². The van der Waals surface area contributed by atoms with E-state index >= 15 is 0 Å². The van der Waals surface area contributed by atoms with Gasteiger partial charge in [0.2, 0.25) is 0 Å². The fourth-order valence-electron chi connectivity index (χ4n) is 3.48. The van der Waals surface area contributed by atoms with Crippen molar-refractivity contribution in [3.05, 3.63) is 35.4 Å².